The summed E-state index contributed by atoms with van der Waals surface area (Å²) in [6, 6.07) is 4.82. The summed E-state index contributed by atoms with van der Waals surface area (Å²) in [5.74, 6) is -1.03. The molecule has 2 N–H and O–H groups in total. The van der Waals surface area contributed by atoms with Gasteiger partial charge in [0.15, 0.2) is 6.61 Å². The van der Waals surface area contributed by atoms with Crippen molar-refractivity contribution >= 4 is 11.9 Å². The van der Waals surface area contributed by atoms with Gasteiger partial charge in [-0.3, -0.25) is 4.79 Å². The molecule has 0 saturated heterocycles. The molecule has 0 bridgehead atoms. The number of carbonyl (C=O) groups is 2. The summed E-state index contributed by atoms with van der Waals surface area (Å²) < 4.78 is 5.43. The van der Waals surface area contributed by atoms with Gasteiger partial charge in [0.1, 0.15) is 11.8 Å². The van der Waals surface area contributed by atoms with Crippen LogP contribution in [0.1, 0.15) is 25.0 Å². The Bertz CT molecular complexity index is 497. The van der Waals surface area contributed by atoms with Gasteiger partial charge in [-0.2, -0.15) is 0 Å². The van der Waals surface area contributed by atoms with Gasteiger partial charge in [-0.15, -0.1) is 0 Å². The predicted molar refractivity (Wildman–Crippen MR) is 75.8 cm³/mol. The maximum Gasteiger partial charge on any atom is 0.326 e. The van der Waals surface area contributed by atoms with Crippen LogP contribution in [0.5, 0.6) is 5.75 Å². The number of carbonyl (C=O) groups excluding carboxylic acids is 1. The molecular formula is C15H21NO4. The molecule has 0 heterocycles. The Morgan fingerprint density at radius 2 is 1.95 bits per heavy atom. The number of carboxylic acid groups (broad SMARTS) is 1. The van der Waals surface area contributed by atoms with Crippen LogP contribution in [0.25, 0.3) is 0 Å². The van der Waals surface area contributed by atoms with Crippen molar-refractivity contribution in [1.29, 1.82) is 0 Å². The molecule has 1 aromatic rings. The van der Waals surface area contributed by atoms with Crippen LogP contribution >= 0.6 is 0 Å². The standard InChI is InChI=1S/C15H21NO4/c1-9(2)14(15(18)19)16-13(17)8-20-12-7-10(3)5-6-11(12)4/h5-7,9,14H,8H2,1-4H3,(H,16,17)(H,18,19). The lowest BCUT2D eigenvalue weighted by Gasteiger charge is -2.18. The molecule has 1 rings (SSSR count). The summed E-state index contributed by atoms with van der Waals surface area (Å²) in [7, 11) is 0. The second-order valence-electron chi connectivity index (χ2n) is 5.19. The monoisotopic (exact) mass is 279 g/mol. The molecule has 1 amide bonds. The van der Waals surface area contributed by atoms with Gasteiger partial charge in [-0.05, 0) is 37.0 Å². The maximum absolute atomic E-state index is 11.7. The Morgan fingerprint density at radius 3 is 2.50 bits per heavy atom. The van der Waals surface area contributed by atoms with Gasteiger partial charge in [0.2, 0.25) is 0 Å². The summed E-state index contributed by atoms with van der Waals surface area (Å²) in [5.41, 5.74) is 1.97. The van der Waals surface area contributed by atoms with Crippen LogP contribution in [-0.4, -0.2) is 29.6 Å². The molecule has 0 saturated carbocycles. The SMILES string of the molecule is Cc1ccc(C)c(OCC(=O)NC(C(=O)O)C(C)C)c1. The van der Waals surface area contributed by atoms with E-state index in [1.807, 2.05) is 32.0 Å². The molecule has 1 atom stereocenters. The average molecular weight is 279 g/mol. The molecule has 0 aliphatic rings. The van der Waals surface area contributed by atoms with Gasteiger partial charge in [0.25, 0.3) is 5.91 Å². The van der Waals surface area contributed by atoms with E-state index in [1.54, 1.807) is 13.8 Å². The number of aliphatic carboxylic acids is 1. The molecule has 1 unspecified atom stereocenters. The van der Waals surface area contributed by atoms with Crippen LogP contribution in [0, 0.1) is 19.8 Å². The van der Waals surface area contributed by atoms with Crippen molar-refractivity contribution in [3.05, 3.63) is 29.3 Å². The fourth-order valence-corrected chi connectivity index (χ4v) is 1.73. The number of amides is 1. The normalized spacial score (nSPS) is 12.1. The van der Waals surface area contributed by atoms with Gasteiger partial charge in [0.05, 0.1) is 0 Å². The third-order valence-corrected chi connectivity index (χ3v) is 2.95. The van der Waals surface area contributed by atoms with E-state index in [2.05, 4.69) is 5.32 Å². The summed E-state index contributed by atoms with van der Waals surface area (Å²) in [5, 5.41) is 11.5. The summed E-state index contributed by atoms with van der Waals surface area (Å²) in [6.07, 6.45) is 0. The molecule has 0 spiro atoms. The number of rotatable bonds is 6. The molecule has 0 aliphatic heterocycles. The zero-order valence-electron chi connectivity index (χ0n) is 12.3. The third-order valence-electron chi connectivity index (χ3n) is 2.95. The number of ether oxygens (including phenoxy) is 1. The van der Waals surface area contributed by atoms with E-state index in [9.17, 15) is 9.59 Å². The number of nitrogens with one attached hydrogen (secondary N) is 1. The van der Waals surface area contributed by atoms with Crippen molar-refractivity contribution in [3.8, 4) is 5.75 Å². The summed E-state index contributed by atoms with van der Waals surface area (Å²) >= 11 is 0. The molecular weight excluding hydrogens is 258 g/mol. The number of hydrogen-bond donors (Lipinski definition) is 2. The number of aryl methyl sites for hydroxylation is 2. The van der Waals surface area contributed by atoms with Crippen molar-refractivity contribution in [2.45, 2.75) is 33.7 Å². The van der Waals surface area contributed by atoms with Crippen LogP contribution in [-0.2, 0) is 9.59 Å². The van der Waals surface area contributed by atoms with E-state index < -0.39 is 17.9 Å². The Hall–Kier alpha value is -2.04. The number of hydrogen-bond acceptors (Lipinski definition) is 3. The van der Waals surface area contributed by atoms with E-state index in [1.165, 1.54) is 0 Å². The largest absolute Gasteiger partial charge is 0.483 e. The molecule has 110 valence electrons. The third kappa shape index (κ3) is 4.57. The Kier molecular flexibility index (Phi) is 5.55. The fourth-order valence-electron chi connectivity index (χ4n) is 1.73. The quantitative estimate of drug-likeness (QED) is 0.834. The Balaban J connectivity index is 2.59. The first-order chi connectivity index (χ1) is 9.31. The van der Waals surface area contributed by atoms with Crippen LogP contribution in [0.3, 0.4) is 0 Å². The number of carboxylic acids is 1. The van der Waals surface area contributed by atoms with E-state index in [0.29, 0.717) is 5.75 Å². The number of benzene rings is 1. The smallest absolute Gasteiger partial charge is 0.326 e. The first-order valence-corrected chi connectivity index (χ1v) is 6.53. The van der Waals surface area contributed by atoms with Crippen molar-refractivity contribution in [2.75, 3.05) is 6.61 Å². The van der Waals surface area contributed by atoms with Crippen molar-refractivity contribution in [1.82, 2.24) is 5.32 Å². The fraction of sp³-hybridized carbons (Fsp3) is 0.467. The van der Waals surface area contributed by atoms with Crippen molar-refractivity contribution in [2.24, 2.45) is 5.92 Å². The lowest BCUT2D eigenvalue weighted by atomic mass is 10.1. The van der Waals surface area contributed by atoms with Gasteiger partial charge >= 0.3 is 5.97 Å². The molecule has 20 heavy (non-hydrogen) atoms. The van der Waals surface area contributed by atoms with Crippen LogP contribution in [0.2, 0.25) is 0 Å². The molecule has 0 aromatic heterocycles. The van der Waals surface area contributed by atoms with Crippen LogP contribution < -0.4 is 10.1 Å². The van der Waals surface area contributed by atoms with Gasteiger partial charge < -0.3 is 15.2 Å². The molecule has 0 radical (unpaired) electrons. The highest BCUT2D eigenvalue weighted by molar-refractivity contribution is 5.84. The Morgan fingerprint density at radius 1 is 1.30 bits per heavy atom. The Labute approximate surface area is 118 Å². The molecule has 5 nitrogen and oxygen atoms in total. The lowest BCUT2D eigenvalue weighted by Crippen LogP contribution is -2.46. The van der Waals surface area contributed by atoms with Crippen molar-refractivity contribution in [3.63, 3.8) is 0 Å². The van der Waals surface area contributed by atoms with Crippen LogP contribution in [0.15, 0.2) is 18.2 Å². The predicted octanol–water partition coefficient (Wildman–Crippen LogP) is 1.91. The highest BCUT2D eigenvalue weighted by Crippen LogP contribution is 2.18. The van der Waals surface area contributed by atoms with Crippen LogP contribution in [0.4, 0.5) is 0 Å². The zero-order valence-corrected chi connectivity index (χ0v) is 12.3. The zero-order chi connectivity index (χ0) is 15.3. The van der Waals surface area contributed by atoms with E-state index in [0.717, 1.165) is 11.1 Å². The van der Waals surface area contributed by atoms with E-state index in [-0.39, 0.29) is 12.5 Å². The first kappa shape index (κ1) is 16.0. The minimum absolute atomic E-state index is 0.183. The molecule has 0 aliphatic carbocycles. The summed E-state index contributed by atoms with van der Waals surface area (Å²) in [4.78, 5) is 22.7. The lowest BCUT2D eigenvalue weighted by molar-refractivity contribution is -0.143. The highest BCUT2D eigenvalue weighted by Gasteiger charge is 2.23. The minimum atomic E-state index is -1.04. The van der Waals surface area contributed by atoms with Gasteiger partial charge in [0, 0.05) is 0 Å². The topological polar surface area (TPSA) is 75.6 Å². The van der Waals surface area contributed by atoms with Crippen molar-refractivity contribution < 1.29 is 19.4 Å². The average Bonchev–Trinajstić information content (AvgIpc) is 2.36. The van der Waals surface area contributed by atoms with E-state index in [4.69, 9.17) is 9.84 Å². The van der Waals surface area contributed by atoms with E-state index >= 15 is 0 Å². The molecule has 0 fully saturated rings. The summed E-state index contributed by atoms with van der Waals surface area (Å²) in [6.45, 7) is 7.11. The molecule has 1 aromatic carbocycles. The first-order valence-electron chi connectivity index (χ1n) is 6.53. The minimum Gasteiger partial charge on any atom is -0.483 e. The van der Waals surface area contributed by atoms with Gasteiger partial charge in [-0.25, -0.2) is 4.79 Å². The highest BCUT2D eigenvalue weighted by atomic mass is 16.5. The second kappa shape index (κ2) is 6.93. The van der Waals surface area contributed by atoms with Gasteiger partial charge in [-0.1, -0.05) is 26.0 Å². The molecule has 5 heteroatoms. The maximum atomic E-state index is 11.7. The second-order valence-corrected chi connectivity index (χ2v) is 5.19.